The standard InChI is InChI=1S/C27H26N2O3/c30-25(28-15-17-9-5-2-6-10-17)22(13-16-7-3-1-4-8-16)29-26(31)23-18-11-12-19(21-14-20(18)21)24(23)27(29)32/h1-12,18-24H,13-15H2,(H,28,30)/t18-,19-,20-,21-,22+,23+,24+/m1/s1. The minimum atomic E-state index is -0.831. The maximum atomic E-state index is 13.6. The molecule has 2 bridgehead atoms. The predicted molar refractivity (Wildman–Crippen MR) is 119 cm³/mol. The second-order valence-electron chi connectivity index (χ2n) is 9.61. The van der Waals surface area contributed by atoms with Gasteiger partial charge in [-0.25, -0.2) is 0 Å². The van der Waals surface area contributed by atoms with E-state index in [1.54, 1.807) is 0 Å². The molecule has 3 amide bonds. The van der Waals surface area contributed by atoms with E-state index in [1.165, 1.54) is 4.90 Å². The van der Waals surface area contributed by atoms with E-state index >= 15 is 0 Å². The van der Waals surface area contributed by atoms with Crippen LogP contribution in [0, 0.1) is 35.5 Å². The highest BCUT2D eigenvalue weighted by Crippen LogP contribution is 2.65. The molecule has 2 aromatic carbocycles. The van der Waals surface area contributed by atoms with E-state index in [1.807, 2.05) is 60.7 Å². The molecule has 7 rings (SSSR count). The van der Waals surface area contributed by atoms with Crippen molar-refractivity contribution in [1.29, 1.82) is 0 Å². The summed E-state index contributed by atoms with van der Waals surface area (Å²) >= 11 is 0. The molecule has 5 heteroatoms. The summed E-state index contributed by atoms with van der Waals surface area (Å²) in [5.41, 5.74) is 1.92. The lowest BCUT2D eigenvalue weighted by molar-refractivity contribution is -0.148. The zero-order valence-corrected chi connectivity index (χ0v) is 17.8. The molecule has 0 radical (unpaired) electrons. The van der Waals surface area contributed by atoms with E-state index < -0.39 is 6.04 Å². The van der Waals surface area contributed by atoms with Gasteiger partial charge in [-0.1, -0.05) is 72.8 Å². The summed E-state index contributed by atoms with van der Waals surface area (Å²) in [6.45, 7) is 0.366. The topological polar surface area (TPSA) is 66.5 Å². The van der Waals surface area contributed by atoms with Gasteiger partial charge in [0.1, 0.15) is 6.04 Å². The lowest BCUT2D eigenvalue weighted by Gasteiger charge is -2.37. The third-order valence-corrected chi connectivity index (χ3v) is 7.89. The Kier molecular flexibility index (Phi) is 4.53. The van der Waals surface area contributed by atoms with Crippen molar-refractivity contribution in [2.45, 2.75) is 25.4 Å². The summed E-state index contributed by atoms with van der Waals surface area (Å²) in [5.74, 6) is 0.236. The van der Waals surface area contributed by atoms with Crippen molar-refractivity contribution in [3.8, 4) is 0 Å². The van der Waals surface area contributed by atoms with Crippen LogP contribution in [0.3, 0.4) is 0 Å². The third-order valence-electron chi connectivity index (χ3n) is 7.89. The fraction of sp³-hybridized carbons (Fsp3) is 0.370. The maximum Gasteiger partial charge on any atom is 0.243 e. The summed E-state index contributed by atoms with van der Waals surface area (Å²) in [6.07, 6.45) is 5.78. The van der Waals surface area contributed by atoms with E-state index in [9.17, 15) is 14.4 Å². The normalized spacial score (nSPS) is 32.4. The maximum absolute atomic E-state index is 13.6. The second kappa shape index (κ2) is 7.44. The van der Waals surface area contributed by atoms with Crippen LogP contribution in [0.1, 0.15) is 17.5 Å². The lowest BCUT2D eigenvalue weighted by atomic mass is 9.63. The molecule has 1 saturated heterocycles. The van der Waals surface area contributed by atoms with Gasteiger partial charge in [0.05, 0.1) is 11.8 Å². The molecule has 0 aromatic heterocycles. The van der Waals surface area contributed by atoms with Crippen LogP contribution in [0.25, 0.3) is 0 Å². The van der Waals surface area contributed by atoms with Crippen LogP contribution in [0.5, 0.6) is 0 Å². The highest BCUT2D eigenvalue weighted by atomic mass is 16.2. The number of benzene rings is 2. The van der Waals surface area contributed by atoms with Gasteiger partial charge in [-0.05, 0) is 41.2 Å². The van der Waals surface area contributed by atoms with Crippen molar-refractivity contribution in [1.82, 2.24) is 10.2 Å². The average Bonchev–Trinajstić information content (AvgIpc) is 3.61. The number of allylic oxidation sites excluding steroid dienone is 2. The van der Waals surface area contributed by atoms with Gasteiger partial charge in [-0.3, -0.25) is 19.3 Å². The number of carbonyl (C=O) groups excluding carboxylic acids is 3. The van der Waals surface area contributed by atoms with E-state index in [0.717, 1.165) is 17.5 Å². The minimum Gasteiger partial charge on any atom is -0.350 e. The molecule has 5 aliphatic rings. The second-order valence-corrected chi connectivity index (χ2v) is 9.61. The number of carbonyl (C=O) groups is 3. The van der Waals surface area contributed by atoms with Crippen LogP contribution in [-0.4, -0.2) is 28.7 Å². The smallest absolute Gasteiger partial charge is 0.243 e. The Morgan fingerprint density at radius 1 is 0.844 bits per heavy atom. The number of nitrogens with zero attached hydrogens (tertiary/aromatic N) is 1. The Morgan fingerprint density at radius 2 is 1.38 bits per heavy atom. The van der Waals surface area contributed by atoms with Crippen molar-refractivity contribution in [2.24, 2.45) is 35.5 Å². The first-order valence-corrected chi connectivity index (χ1v) is 11.5. The number of nitrogens with one attached hydrogen (secondary N) is 1. The van der Waals surface area contributed by atoms with Crippen molar-refractivity contribution in [2.75, 3.05) is 0 Å². The Hall–Kier alpha value is -3.21. The summed E-state index contributed by atoms with van der Waals surface area (Å²) in [4.78, 5) is 41.9. The molecule has 32 heavy (non-hydrogen) atoms. The SMILES string of the molecule is O=C(NCc1ccccc1)[C@H](Cc1ccccc1)N1C(=O)[C@H]2[C@@H]3C=C[C@H]([C@H]4C[C@H]34)[C@@H]2C1=O. The number of imide groups is 1. The molecule has 7 atom stereocenters. The molecule has 4 aliphatic carbocycles. The van der Waals surface area contributed by atoms with Crippen molar-refractivity contribution >= 4 is 17.7 Å². The molecule has 5 nitrogen and oxygen atoms in total. The van der Waals surface area contributed by atoms with Crippen LogP contribution in [0.4, 0.5) is 0 Å². The molecule has 162 valence electrons. The first kappa shape index (κ1) is 19.5. The molecule has 2 saturated carbocycles. The largest absolute Gasteiger partial charge is 0.350 e. The fourth-order valence-electron chi connectivity index (χ4n) is 6.33. The van der Waals surface area contributed by atoms with Gasteiger partial charge in [-0.15, -0.1) is 0 Å². The molecule has 1 N–H and O–H groups in total. The lowest BCUT2D eigenvalue weighted by Crippen LogP contribution is -2.51. The van der Waals surface area contributed by atoms with E-state index in [2.05, 4.69) is 17.5 Å². The van der Waals surface area contributed by atoms with Gasteiger partial charge >= 0.3 is 0 Å². The van der Waals surface area contributed by atoms with Crippen LogP contribution in [0.15, 0.2) is 72.8 Å². The van der Waals surface area contributed by atoms with Gasteiger partial charge in [0.2, 0.25) is 17.7 Å². The number of amides is 3. The van der Waals surface area contributed by atoms with Crippen LogP contribution in [0.2, 0.25) is 0 Å². The summed E-state index contributed by atoms with van der Waals surface area (Å²) in [6, 6.07) is 18.5. The van der Waals surface area contributed by atoms with Crippen molar-refractivity contribution in [3.05, 3.63) is 83.9 Å². The Balaban J connectivity index is 1.29. The Bertz CT molecular complexity index is 1060. The van der Waals surface area contributed by atoms with Gasteiger partial charge in [0, 0.05) is 13.0 Å². The predicted octanol–water partition coefficient (Wildman–Crippen LogP) is 2.97. The van der Waals surface area contributed by atoms with E-state index in [4.69, 9.17) is 0 Å². The molecule has 0 spiro atoms. The Morgan fingerprint density at radius 3 is 1.94 bits per heavy atom. The number of likely N-dealkylation sites (tertiary alicyclic amines) is 1. The summed E-state index contributed by atoms with van der Waals surface area (Å²) < 4.78 is 0. The van der Waals surface area contributed by atoms with E-state index in [-0.39, 0.29) is 41.4 Å². The average molecular weight is 427 g/mol. The van der Waals surface area contributed by atoms with Crippen LogP contribution >= 0.6 is 0 Å². The zero-order valence-electron chi connectivity index (χ0n) is 17.8. The molecular formula is C27H26N2O3. The highest BCUT2D eigenvalue weighted by Gasteiger charge is 2.67. The monoisotopic (exact) mass is 426 g/mol. The first-order valence-electron chi connectivity index (χ1n) is 11.5. The molecule has 1 heterocycles. The van der Waals surface area contributed by atoms with Gasteiger partial charge in [-0.2, -0.15) is 0 Å². The molecule has 2 aromatic rings. The van der Waals surface area contributed by atoms with Gasteiger partial charge in [0.25, 0.3) is 0 Å². The van der Waals surface area contributed by atoms with Crippen molar-refractivity contribution in [3.63, 3.8) is 0 Å². The highest BCUT2D eigenvalue weighted by molar-refractivity contribution is 6.09. The Labute approximate surface area is 187 Å². The van der Waals surface area contributed by atoms with Crippen LogP contribution < -0.4 is 5.32 Å². The third kappa shape index (κ3) is 3.02. The fourth-order valence-corrected chi connectivity index (χ4v) is 6.33. The van der Waals surface area contributed by atoms with Crippen LogP contribution in [-0.2, 0) is 27.3 Å². The number of hydrogen-bond donors (Lipinski definition) is 1. The quantitative estimate of drug-likeness (QED) is 0.571. The van der Waals surface area contributed by atoms with Gasteiger partial charge < -0.3 is 5.32 Å². The van der Waals surface area contributed by atoms with Gasteiger partial charge in [0.15, 0.2) is 0 Å². The molecular weight excluding hydrogens is 400 g/mol. The summed E-state index contributed by atoms with van der Waals surface area (Å²) in [7, 11) is 0. The number of rotatable bonds is 6. The number of hydrogen-bond acceptors (Lipinski definition) is 3. The van der Waals surface area contributed by atoms with Crippen molar-refractivity contribution < 1.29 is 14.4 Å². The van der Waals surface area contributed by atoms with E-state index in [0.29, 0.717) is 24.8 Å². The summed E-state index contributed by atoms with van der Waals surface area (Å²) in [5, 5.41) is 2.97. The molecule has 0 unspecified atom stereocenters. The zero-order chi connectivity index (χ0) is 21.8. The molecule has 3 fully saturated rings. The minimum absolute atomic E-state index is 0.152. The molecule has 1 aliphatic heterocycles. The first-order chi connectivity index (χ1) is 15.6.